The molecular weight excluding hydrogens is 326 g/mol. The average molecular weight is 343 g/mol. The van der Waals surface area contributed by atoms with Crippen LogP contribution >= 0.6 is 0 Å². The Hall–Kier alpha value is -2.54. The zero-order valence-corrected chi connectivity index (χ0v) is 14.2. The first-order chi connectivity index (χ1) is 11.3. The van der Waals surface area contributed by atoms with Gasteiger partial charge < -0.3 is 15.2 Å². The van der Waals surface area contributed by atoms with Gasteiger partial charge >= 0.3 is 0 Å². The molecule has 0 fully saturated rings. The Balaban J connectivity index is 2.19. The summed E-state index contributed by atoms with van der Waals surface area (Å²) in [4.78, 5) is 17.4. The Bertz CT molecular complexity index is 1140. The molecule has 2 N–H and O–H groups in total. The van der Waals surface area contributed by atoms with Crippen molar-refractivity contribution in [1.29, 1.82) is 0 Å². The molecule has 0 atom stereocenters. The minimum absolute atomic E-state index is 0.0593. The molecule has 0 unspecified atom stereocenters. The molecular formula is C17H17N3O3S. The molecule has 0 amide bonds. The van der Waals surface area contributed by atoms with E-state index in [1.807, 2.05) is 30.2 Å². The lowest BCUT2D eigenvalue weighted by Crippen LogP contribution is -2.26. The van der Waals surface area contributed by atoms with Gasteiger partial charge in [-0.15, -0.1) is 0 Å². The summed E-state index contributed by atoms with van der Waals surface area (Å²) in [5.41, 5.74) is 3.59. The third kappa shape index (κ3) is 2.24. The third-order valence-corrected chi connectivity index (χ3v) is 5.22. The standard InChI is InChI=1S/C17H17N3O3S/c1-20-8-6-10(9-24(2,22)23)11-3-4-12-14-13(5-7-18-12)19-17(21)15(14)16(11)20/h3-6,8,18H,7,9H2,1-2H3,(H,19,21). The average Bonchev–Trinajstić information content (AvgIpc) is 2.71. The summed E-state index contributed by atoms with van der Waals surface area (Å²) in [6.07, 6.45) is 6.76. The van der Waals surface area contributed by atoms with Crippen LogP contribution in [0.4, 0.5) is 11.4 Å². The van der Waals surface area contributed by atoms with Crippen molar-refractivity contribution in [1.82, 2.24) is 4.98 Å². The summed E-state index contributed by atoms with van der Waals surface area (Å²) in [6.45, 7) is 0.644. The predicted octanol–water partition coefficient (Wildman–Crippen LogP) is -0.155. The molecule has 3 aliphatic heterocycles. The van der Waals surface area contributed by atoms with Gasteiger partial charge in [0, 0.05) is 47.9 Å². The molecule has 124 valence electrons. The van der Waals surface area contributed by atoms with Crippen LogP contribution in [0.5, 0.6) is 0 Å². The van der Waals surface area contributed by atoms with Gasteiger partial charge in [0.15, 0.2) is 9.84 Å². The number of fused-ring (bicyclic) bond motifs is 2. The fourth-order valence-electron chi connectivity index (χ4n) is 3.43. The number of hydrogen-bond acceptors (Lipinski definition) is 5. The van der Waals surface area contributed by atoms with E-state index in [2.05, 4.69) is 10.3 Å². The fraction of sp³-hybridized carbons (Fsp3) is 0.235. The molecule has 7 heteroatoms. The number of hydrogen-bond donors (Lipinski definition) is 2. The van der Waals surface area contributed by atoms with Crippen molar-refractivity contribution in [2.24, 2.45) is 0 Å². The SMILES string of the molecule is CN1C=CC(CS(C)(=O)=O)=c2ccc3c4c([nH]c(=O)c-4c21)=CCN3. The highest BCUT2D eigenvalue weighted by Crippen LogP contribution is 2.31. The van der Waals surface area contributed by atoms with E-state index >= 15 is 0 Å². The molecule has 0 aromatic carbocycles. The van der Waals surface area contributed by atoms with E-state index in [0.29, 0.717) is 17.7 Å². The lowest BCUT2D eigenvalue weighted by molar-refractivity contribution is 0.605. The summed E-state index contributed by atoms with van der Waals surface area (Å²) < 4.78 is 23.6. The van der Waals surface area contributed by atoms with E-state index in [1.165, 1.54) is 6.26 Å². The fourth-order valence-corrected chi connectivity index (χ4v) is 4.24. The quantitative estimate of drug-likeness (QED) is 0.792. The van der Waals surface area contributed by atoms with Gasteiger partial charge in [0.1, 0.15) is 0 Å². The minimum atomic E-state index is -3.18. The van der Waals surface area contributed by atoms with Gasteiger partial charge in [-0.2, -0.15) is 0 Å². The van der Waals surface area contributed by atoms with E-state index in [1.54, 1.807) is 12.3 Å². The van der Waals surface area contributed by atoms with Crippen LogP contribution in [-0.4, -0.2) is 39.0 Å². The highest BCUT2D eigenvalue weighted by molar-refractivity contribution is 7.91. The maximum Gasteiger partial charge on any atom is 0.258 e. The van der Waals surface area contributed by atoms with Gasteiger partial charge in [-0.3, -0.25) is 4.79 Å². The smallest absolute Gasteiger partial charge is 0.258 e. The number of rotatable bonds is 2. The van der Waals surface area contributed by atoms with Gasteiger partial charge in [-0.1, -0.05) is 6.07 Å². The van der Waals surface area contributed by atoms with E-state index in [0.717, 1.165) is 27.5 Å². The van der Waals surface area contributed by atoms with Gasteiger partial charge in [0.2, 0.25) is 0 Å². The van der Waals surface area contributed by atoms with Crippen LogP contribution in [0.25, 0.3) is 22.8 Å². The Labute approximate surface area is 139 Å². The minimum Gasteiger partial charge on any atom is -0.381 e. The number of anilines is 2. The van der Waals surface area contributed by atoms with Crippen molar-refractivity contribution in [3.05, 3.63) is 45.3 Å². The Morgan fingerprint density at radius 2 is 2.04 bits per heavy atom. The second kappa shape index (κ2) is 4.98. The van der Waals surface area contributed by atoms with Crippen molar-refractivity contribution < 1.29 is 8.42 Å². The van der Waals surface area contributed by atoms with Gasteiger partial charge in [0.25, 0.3) is 5.56 Å². The Morgan fingerprint density at radius 3 is 2.79 bits per heavy atom. The summed E-state index contributed by atoms with van der Waals surface area (Å²) >= 11 is 0. The first-order valence-electron chi connectivity index (χ1n) is 7.60. The molecule has 0 aromatic rings. The maximum absolute atomic E-state index is 12.6. The molecule has 0 bridgehead atoms. The molecule has 4 aliphatic rings. The van der Waals surface area contributed by atoms with Crippen LogP contribution in [0.2, 0.25) is 0 Å². The second-order valence-corrected chi connectivity index (χ2v) is 8.37. The molecule has 0 radical (unpaired) electrons. The Morgan fingerprint density at radius 1 is 1.25 bits per heavy atom. The van der Waals surface area contributed by atoms with E-state index in [9.17, 15) is 13.2 Å². The van der Waals surface area contributed by atoms with E-state index < -0.39 is 9.84 Å². The summed E-state index contributed by atoms with van der Waals surface area (Å²) in [7, 11) is -1.32. The molecule has 6 nitrogen and oxygen atoms in total. The van der Waals surface area contributed by atoms with Crippen LogP contribution in [-0.2, 0) is 9.84 Å². The van der Waals surface area contributed by atoms with Crippen LogP contribution in [0.3, 0.4) is 0 Å². The van der Waals surface area contributed by atoms with Gasteiger partial charge in [-0.05, 0) is 23.8 Å². The molecule has 1 aliphatic carbocycles. The van der Waals surface area contributed by atoms with Gasteiger partial charge in [-0.25, -0.2) is 8.42 Å². The first-order valence-corrected chi connectivity index (χ1v) is 9.66. The largest absolute Gasteiger partial charge is 0.381 e. The Kier molecular flexibility index (Phi) is 3.11. The van der Waals surface area contributed by atoms with Crippen LogP contribution in [0.1, 0.15) is 0 Å². The molecule has 0 spiro atoms. The molecule has 0 aromatic heterocycles. The number of aromatic nitrogens is 1. The number of sulfone groups is 1. The number of allylic oxidation sites excluding steroid dienone is 1. The number of H-pyrrole nitrogens is 1. The lowest BCUT2D eigenvalue weighted by Gasteiger charge is -2.21. The highest BCUT2D eigenvalue weighted by atomic mass is 32.2. The van der Waals surface area contributed by atoms with Crippen molar-refractivity contribution in [2.45, 2.75) is 0 Å². The monoisotopic (exact) mass is 343 g/mol. The molecule has 24 heavy (non-hydrogen) atoms. The number of nitrogens with one attached hydrogen (secondary N) is 2. The van der Waals surface area contributed by atoms with Crippen LogP contribution in [0, 0.1) is 0 Å². The molecule has 4 rings (SSSR count). The maximum atomic E-state index is 12.6. The zero-order chi connectivity index (χ0) is 17.1. The van der Waals surface area contributed by atoms with Gasteiger partial charge in [0.05, 0.1) is 17.0 Å². The summed E-state index contributed by atoms with van der Waals surface area (Å²) in [5, 5.41) is 4.87. The molecule has 3 heterocycles. The summed E-state index contributed by atoms with van der Waals surface area (Å²) in [5.74, 6) is -0.0593. The third-order valence-electron chi connectivity index (χ3n) is 4.39. The lowest BCUT2D eigenvalue weighted by atomic mass is 10.0. The second-order valence-electron chi connectivity index (χ2n) is 6.23. The first kappa shape index (κ1) is 15.0. The molecule has 0 saturated heterocycles. The highest BCUT2D eigenvalue weighted by Gasteiger charge is 2.25. The topological polar surface area (TPSA) is 82.3 Å². The van der Waals surface area contributed by atoms with Crippen LogP contribution < -0.4 is 26.3 Å². The van der Waals surface area contributed by atoms with Crippen molar-refractivity contribution in [3.8, 4) is 11.1 Å². The normalized spacial score (nSPS) is 15.9. The predicted molar refractivity (Wildman–Crippen MR) is 96.6 cm³/mol. The van der Waals surface area contributed by atoms with Crippen molar-refractivity contribution in [3.63, 3.8) is 0 Å². The van der Waals surface area contributed by atoms with Crippen molar-refractivity contribution >= 4 is 32.9 Å². The molecule has 0 saturated carbocycles. The van der Waals surface area contributed by atoms with E-state index in [-0.39, 0.29) is 11.3 Å². The number of nitrogens with zero attached hydrogens (tertiary/aromatic N) is 1. The van der Waals surface area contributed by atoms with Crippen LogP contribution in [0.15, 0.2) is 29.2 Å². The van der Waals surface area contributed by atoms with E-state index in [4.69, 9.17) is 0 Å². The number of aromatic amines is 1. The zero-order valence-electron chi connectivity index (χ0n) is 13.4. The summed E-state index contributed by atoms with van der Waals surface area (Å²) in [6, 6.07) is 3.81. The van der Waals surface area contributed by atoms with Crippen molar-refractivity contribution in [2.75, 3.05) is 35.8 Å².